The second-order valence-electron chi connectivity index (χ2n) is 5.01. The van der Waals surface area contributed by atoms with Crippen molar-refractivity contribution in [3.63, 3.8) is 0 Å². The monoisotopic (exact) mass is 326 g/mol. The minimum atomic E-state index is -0.349. The van der Waals surface area contributed by atoms with E-state index in [9.17, 15) is 4.39 Å². The van der Waals surface area contributed by atoms with Gasteiger partial charge in [0.05, 0.1) is 4.70 Å². The standard InChI is InChI=1S/C16H11FN4OS/c1-9-5-7-10(8-6-9)14-20-21-15(22-14)19-16-18-13-11(17)3-2-4-12(13)23-16/h2-8H,1H3,(H,18,19,21). The molecule has 5 nitrogen and oxygen atoms in total. The van der Waals surface area contributed by atoms with Crippen molar-refractivity contribution in [2.45, 2.75) is 6.92 Å². The smallest absolute Gasteiger partial charge is 0.322 e. The number of fused-ring (bicyclic) bond motifs is 1. The minimum Gasteiger partial charge on any atom is -0.403 e. The first-order valence-electron chi connectivity index (χ1n) is 6.92. The van der Waals surface area contributed by atoms with Crippen molar-refractivity contribution < 1.29 is 8.81 Å². The van der Waals surface area contributed by atoms with E-state index in [0.29, 0.717) is 16.5 Å². The van der Waals surface area contributed by atoms with E-state index in [2.05, 4.69) is 20.5 Å². The van der Waals surface area contributed by atoms with E-state index < -0.39 is 0 Å². The Labute approximate surface area is 134 Å². The number of rotatable bonds is 3. The molecule has 2 aromatic heterocycles. The number of aromatic nitrogens is 3. The van der Waals surface area contributed by atoms with Gasteiger partial charge in [-0.1, -0.05) is 40.2 Å². The minimum absolute atomic E-state index is 0.222. The Hall–Kier alpha value is -2.80. The fraction of sp³-hybridized carbons (Fsp3) is 0.0625. The number of aryl methyl sites for hydroxylation is 1. The number of para-hydroxylation sites is 1. The maximum absolute atomic E-state index is 13.7. The molecule has 7 heteroatoms. The zero-order valence-corrected chi connectivity index (χ0v) is 12.9. The van der Waals surface area contributed by atoms with Gasteiger partial charge in [0.1, 0.15) is 11.3 Å². The third kappa shape index (κ3) is 2.66. The van der Waals surface area contributed by atoms with Crippen LogP contribution in [0.15, 0.2) is 46.9 Å². The van der Waals surface area contributed by atoms with E-state index in [0.717, 1.165) is 15.8 Å². The van der Waals surface area contributed by atoms with E-state index in [1.807, 2.05) is 37.3 Å². The van der Waals surface area contributed by atoms with Crippen LogP contribution in [0.4, 0.5) is 15.5 Å². The number of benzene rings is 2. The molecule has 2 heterocycles. The van der Waals surface area contributed by atoms with Crippen LogP contribution in [0.1, 0.15) is 5.56 Å². The molecule has 0 aliphatic rings. The van der Waals surface area contributed by atoms with Crippen molar-refractivity contribution in [3.8, 4) is 11.5 Å². The predicted octanol–water partition coefficient (Wildman–Crippen LogP) is 4.54. The van der Waals surface area contributed by atoms with Crippen LogP contribution >= 0.6 is 11.3 Å². The van der Waals surface area contributed by atoms with Crippen LogP contribution in [0.5, 0.6) is 0 Å². The SMILES string of the molecule is Cc1ccc(-c2nnc(Nc3nc4c(F)cccc4s3)o2)cc1. The summed E-state index contributed by atoms with van der Waals surface area (Å²) < 4.78 is 20.0. The third-order valence-corrected chi connectivity index (χ3v) is 4.24. The van der Waals surface area contributed by atoms with Crippen LogP contribution in [0, 0.1) is 12.7 Å². The molecule has 0 unspecified atom stereocenters. The largest absolute Gasteiger partial charge is 0.403 e. The molecule has 0 amide bonds. The molecule has 0 saturated heterocycles. The predicted molar refractivity (Wildman–Crippen MR) is 87.3 cm³/mol. The molecule has 0 spiro atoms. The summed E-state index contributed by atoms with van der Waals surface area (Å²) >= 11 is 1.32. The topological polar surface area (TPSA) is 63.8 Å². The normalized spacial score (nSPS) is 11.0. The van der Waals surface area contributed by atoms with Gasteiger partial charge < -0.3 is 4.42 Å². The highest BCUT2D eigenvalue weighted by atomic mass is 32.1. The number of thiazole rings is 1. The lowest BCUT2D eigenvalue weighted by Gasteiger charge is -1.96. The van der Waals surface area contributed by atoms with Crippen LogP contribution in [0.25, 0.3) is 21.7 Å². The van der Waals surface area contributed by atoms with Crippen molar-refractivity contribution in [2.75, 3.05) is 5.32 Å². The Morgan fingerprint density at radius 3 is 2.70 bits per heavy atom. The number of anilines is 2. The van der Waals surface area contributed by atoms with Crippen molar-refractivity contribution >= 4 is 32.7 Å². The molecule has 23 heavy (non-hydrogen) atoms. The van der Waals surface area contributed by atoms with Gasteiger partial charge in [0, 0.05) is 5.56 Å². The summed E-state index contributed by atoms with van der Waals surface area (Å²) in [4.78, 5) is 4.21. The quantitative estimate of drug-likeness (QED) is 0.599. The molecule has 0 aliphatic carbocycles. The highest BCUT2D eigenvalue weighted by Gasteiger charge is 2.12. The number of halogens is 1. The molecule has 0 saturated carbocycles. The summed E-state index contributed by atoms with van der Waals surface area (Å²) in [5.41, 5.74) is 2.33. The van der Waals surface area contributed by atoms with Gasteiger partial charge in [-0.3, -0.25) is 5.32 Å². The fourth-order valence-corrected chi connectivity index (χ4v) is 3.02. The molecule has 0 radical (unpaired) electrons. The summed E-state index contributed by atoms with van der Waals surface area (Å²) in [7, 11) is 0. The molecule has 114 valence electrons. The van der Waals surface area contributed by atoms with Crippen LogP contribution < -0.4 is 5.32 Å². The van der Waals surface area contributed by atoms with Crippen LogP contribution in [-0.4, -0.2) is 15.2 Å². The zero-order chi connectivity index (χ0) is 15.8. The Morgan fingerprint density at radius 1 is 1.09 bits per heavy atom. The molecule has 4 rings (SSSR count). The Bertz CT molecular complexity index is 977. The summed E-state index contributed by atoms with van der Waals surface area (Å²) in [5.74, 6) is 0.0671. The van der Waals surface area contributed by atoms with E-state index in [4.69, 9.17) is 4.42 Å². The van der Waals surface area contributed by atoms with Gasteiger partial charge >= 0.3 is 6.01 Å². The lowest BCUT2D eigenvalue weighted by atomic mass is 10.1. The first kappa shape index (κ1) is 13.8. The molecule has 1 N–H and O–H groups in total. The van der Waals surface area contributed by atoms with Gasteiger partial charge in [-0.05, 0) is 31.2 Å². The second kappa shape index (κ2) is 5.44. The molecular formula is C16H11FN4OS. The third-order valence-electron chi connectivity index (χ3n) is 3.31. The van der Waals surface area contributed by atoms with Gasteiger partial charge in [-0.15, -0.1) is 5.10 Å². The van der Waals surface area contributed by atoms with Crippen molar-refractivity contribution in [2.24, 2.45) is 0 Å². The van der Waals surface area contributed by atoms with Gasteiger partial charge in [-0.25, -0.2) is 9.37 Å². The van der Waals surface area contributed by atoms with Crippen LogP contribution in [0.3, 0.4) is 0 Å². The summed E-state index contributed by atoms with van der Waals surface area (Å²) in [5, 5.41) is 11.4. The van der Waals surface area contributed by atoms with Crippen molar-refractivity contribution in [3.05, 3.63) is 53.8 Å². The molecule has 0 aliphatic heterocycles. The number of hydrogen-bond donors (Lipinski definition) is 1. The molecule has 0 fully saturated rings. The zero-order valence-electron chi connectivity index (χ0n) is 12.1. The first-order valence-corrected chi connectivity index (χ1v) is 7.73. The van der Waals surface area contributed by atoms with Crippen molar-refractivity contribution in [1.29, 1.82) is 0 Å². The van der Waals surface area contributed by atoms with E-state index in [-0.39, 0.29) is 11.8 Å². The first-order chi connectivity index (χ1) is 11.2. The lowest BCUT2D eigenvalue weighted by Crippen LogP contribution is -1.89. The molecule has 0 atom stereocenters. The average molecular weight is 326 g/mol. The van der Waals surface area contributed by atoms with Crippen molar-refractivity contribution in [1.82, 2.24) is 15.2 Å². The Balaban J connectivity index is 1.61. The van der Waals surface area contributed by atoms with E-state index in [1.54, 1.807) is 6.07 Å². The summed E-state index contributed by atoms with van der Waals surface area (Å²) in [6.07, 6.45) is 0. The highest BCUT2D eigenvalue weighted by molar-refractivity contribution is 7.22. The maximum atomic E-state index is 13.7. The van der Waals surface area contributed by atoms with Gasteiger partial charge in [0.2, 0.25) is 5.89 Å². The highest BCUT2D eigenvalue weighted by Crippen LogP contribution is 2.30. The fourth-order valence-electron chi connectivity index (χ4n) is 2.15. The lowest BCUT2D eigenvalue weighted by molar-refractivity contribution is 0.587. The van der Waals surface area contributed by atoms with Gasteiger partial charge in [-0.2, -0.15) is 0 Å². The summed E-state index contributed by atoms with van der Waals surface area (Å²) in [6.45, 7) is 2.01. The number of nitrogens with zero attached hydrogens (tertiary/aromatic N) is 3. The van der Waals surface area contributed by atoms with Crippen LogP contribution in [-0.2, 0) is 0 Å². The van der Waals surface area contributed by atoms with Crippen LogP contribution in [0.2, 0.25) is 0 Å². The molecule has 0 bridgehead atoms. The second-order valence-corrected chi connectivity index (χ2v) is 6.04. The molecular weight excluding hydrogens is 315 g/mol. The number of hydrogen-bond acceptors (Lipinski definition) is 6. The summed E-state index contributed by atoms with van der Waals surface area (Å²) in [6, 6.07) is 12.9. The Kier molecular flexibility index (Phi) is 3.27. The van der Waals surface area contributed by atoms with Gasteiger partial charge in [0.15, 0.2) is 5.13 Å². The van der Waals surface area contributed by atoms with E-state index >= 15 is 0 Å². The molecule has 2 aromatic carbocycles. The maximum Gasteiger partial charge on any atom is 0.322 e. The van der Waals surface area contributed by atoms with E-state index in [1.165, 1.54) is 17.4 Å². The molecule has 4 aromatic rings. The Morgan fingerprint density at radius 2 is 1.91 bits per heavy atom. The number of nitrogens with one attached hydrogen (secondary N) is 1. The van der Waals surface area contributed by atoms with Gasteiger partial charge in [0.25, 0.3) is 0 Å². The average Bonchev–Trinajstić information content (AvgIpc) is 3.16.